The number of hydrogen-bond donors (Lipinski definition) is 1. The van der Waals surface area contributed by atoms with Crippen LogP contribution in [-0.4, -0.2) is 51.0 Å². The Balaban J connectivity index is 1.39. The number of nitrogens with one attached hydrogen (secondary N) is 1. The zero-order valence-electron chi connectivity index (χ0n) is 20.9. The molecule has 5 rings (SSSR count). The molecule has 13 heteroatoms. The summed E-state index contributed by atoms with van der Waals surface area (Å²) in [5.74, 6) is -0.319. The third kappa shape index (κ3) is 5.82. The van der Waals surface area contributed by atoms with E-state index in [0.717, 1.165) is 17.5 Å². The lowest BCUT2D eigenvalue weighted by Gasteiger charge is -2.40. The second kappa shape index (κ2) is 11.4. The summed E-state index contributed by atoms with van der Waals surface area (Å²) in [6, 6.07) is 21.0. The van der Waals surface area contributed by atoms with Gasteiger partial charge in [-0.25, -0.2) is 15.0 Å². The molecule has 0 aliphatic carbocycles. The number of piperazine rings is 1. The van der Waals surface area contributed by atoms with Crippen LogP contribution in [0.25, 0.3) is 0 Å². The van der Waals surface area contributed by atoms with Crippen LogP contribution in [0.5, 0.6) is 0 Å². The highest BCUT2D eigenvalue weighted by Crippen LogP contribution is 2.38. The highest BCUT2D eigenvalue weighted by atomic mass is 35.5. The number of alkyl halides is 3. The van der Waals surface area contributed by atoms with Crippen LogP contribution in [-0.2, 0) is 6.18 Å². The Kier molecular flexibility index (Phi) is 7.81. The van der Waals surface area contributed by atoms with Gasteiger partial charge in [-0.2, -0.15) is 13.2 Å². The maximum absolute atomic E-state index is 13.0. The van der Waals surface area contributed by atoms with Crippen molar-refractivity contribution >= 4 is 34.7 Å². The lowest BCUT2D eigenvalue weighted by molar-refractivity contribution is -0.383. The van der Waals surface area contributed by atoms with Gasteiger partial charge in [-0.3, -0.25) is 15.0 Å². The van der Waals surface area contributed by atoms with Gasteiger partial charge in [-0.1, -0.05) is 72.3 Å². The molecule has 0 unspecified atom stereocenters. The van der Waals surface area contributed by atoms with Gasteiger partial charge in [0.1, 0.15) is 6.33 Å². The van der Waals surface area contributed by atoms with Crippen molar-refractivity contribution in [3.8, 4) is 0 Å². The van der Waals surface area contributed by atoms with Gasteiger partial charge in [0.25, 0.3) is 0 Å². The van der Waals surface area contributed by atoms with Crippen LogP contribution >= 0.6 is 11.6 Å². The minimum atomic E-state index is -4.63. The number of hydrogen-bond acceptors (Lipinski definition) is 8. The van der Waals surface area contributed by atoms with E-state index in [2.05, 4.69) is 49.4 Å². The molecule has 0 atom stereocenters. The summed E-state index contributed by atoms with van der Waals surface area (Å²) in [6.45, 7) is 2.11. The number of anilines is 3. The Labute approximate surface area is 232 Å². The first-order valence-electron chi connectivity index (χ1n) is 12.3. The van der Waals surface area contributed by atoms with E-state index in [9.17, 15) is 23.3 Å². The first-order chi connectivity index (χ1) is 19.2. The zero-order valence-corrected chi connectivity index (χ0v) is 21.7. The van der Waals surface area contributed by atoms with Gasteiger partial charge in [0, 0.05) is 32.4 Å². The van der Waals surface area contributed by atoms with Crippen LogP contribution in [0.4, 0.5) is 36.3 Å². The van der Waals surface area contributed by atoms with E-state index >= 15 is 0 Å². The van der Waals surface area contributed by atoms with E-state index in [1.54, 1.807) is 4.90 Å². The third-order valence-corrected chi connectivity index (χ3v) is 6.89. The fourth-order valence-corrected chi connectivity index (χ4v) is 4.95. The van der Waals surface area contributed by atoms with Crippen LogP contribution in [0.1, 0.15) is 22.7 Å². The average Bonchev–Trinajstić information content (AvgIpc) is 2.95. The smallest absolute Gasteiger partial charge is 0.348 e. The quantitative estimate of drug-likeness (QED) is 0.210. The number of benzene rings is 2. The minimum absolute atomic E-state index is 0.00930. The highest BCUT2D eigenvalue weighted by Gasteiger charge is 2.34. The summed E-state index contributed by atoms with van der Waals surface area (Å²) >= 11 is 6.00. The predicted molar refractivity (Wildman–Crippen MR) is 145 cm³/mol. The van der Waals surface area contributed by atoms with E-state index in [-0.39, 0.29) is 28.5 Å². The molecule has 2 aromatic heterocycles. The Morgan fingerprint density at radius 1 is 0.900 bits per heavy atom. The molecule has 1 aliphatic rings. The van der Waals surface area contributed by atoms with Crippen LogP contribution in [0.2, 0.25) is 5.02 Å². The topological polar surface area (TPSA) is 100 Å². The third-order valence-electron chi connectivity index (χ3n) is 6.60. The van der Waals surface area contributed by atoms with Gasteiger partial charge in [0.15, 0.2) is 5.82 Å². The Morgan fingerprint density at radius 3 is 2.02 bits per heavy atom. The van der Waals surface area contributed by atoms with Gasteiger partial charge in [-0.05, 0) is 17.2 Å². The van der Waals surface area contributed by atoms with Gasteiger partial charge in [-0.15, -0.1) is 0 Å². The first kappa shape index (κ1) is 27.3. The van der Waals surface area contributed by atoms with Crippen molar-refractivity contribution in [3.63, 3.8) is 0 Å². The van der Waals surface area contributed by atoms with Gasteiger partial charge in [0.2, 0.25) is 11.6 Å². The summed E-state index contributed by atoms with van der Waals surface area (Å²) in [5.41, 5.74) is 0.824. The molecule has 0 saturated carbocycles. The highest BCUT2D eigenvalue weighted by molar-refractivity contribution is 6.33. The number of rotatable bonds is 7. The number of aromatic nitrogens is 3. The van der Waals surface area contributed by atoms with Crippen LogP contribution in [0.3, 0.4) is 0 Å². The molecule has 40 heavy (non-hydrogen) atoms. The maximum Gasteiger partial charge on any atom is 0.417 e. The van der Waals surface area contributed by atoms with Crippen molar-refractivity contribution in [2.75, 3.05) is 36.4 Å². The molecule has 9 nitrogen and oxygen atoms in total. The monoisotopic (exact) mass is 569 g/mol. The second-order valence-corrected chi connectivity index (χ2v) is 9.48. The fourth-order valence-electron chi connectivity index (χ4n) is 4.73. The van der Waals surface area contributed by atoms with E-state index < -0.39 is 22.4 Å². The molecular weight excluding hydrogens is 547 g/mol. The summed E-state index contributed by atoms with van der Waals surface area (Å²) in [6.07, 6.45) is -2.88. The maximum atomic E-state index is 13.0. The van der Waals surface area contributed by atoms with Crippen molar-refractivity contribution in [1.29, 1.82) is 0 Å². The zero-order chi connectivity index (χ0) is 28.3. The molecule has 2 aromatic carbocycles. The van der Waals surface area contributed by atoms with Crippen molar-refractivity contribution in [2.45, 2.75) is 12.2 Å². The van der Waals surface area contributed by atoms with E-state index in [0.29, 0.717) is 38.4 Å². The standard InChI is InChI=1S/C27H23ClF3N7O2/c28-21-15-20(27(29,30)31)16-32-24(21)35-25-23(38(39)40)26(34-17-33-25)37-13-11-36(12-14-37)22(18-7-3-1-4-8-18)19-9-5-2-6-10-19/h1-10,15-17,22H,11-14H2,(H,32,33,34,35). The van der Waals surface area contributed by atoms with Crippen molar-refractivity contribution in [1.82, 2.24) is 19.9 Å². The summed E-state index contributed by atoms with van der Waals surface area (Å²) in [4.78, 5) is 27.5. The molecule has 0 radical (unpaired) electrons. The molecule has 0 bridgehead atoms. The predicted octanol–water partition coefficient (Wildman–Crippen LogP) is 6.11. The Bertz CT molecular complexity index is 1450. The molecule has 1 saturated heterocycles. The molecular formula is C27H23ClF3N7O2. The molecule has 1 N–H and O–H groups in total. The number of nitro groups is 1. The normalized spacial score (nSPS) is 14.4. The largest absolute Gasteiger partial charge is 0.417 e. The second-order valence-electron chi connectivity index (χ2n) is 9.08. The molecule has 4 aromatic rings. The van der Waals surface area contributed by atoms with Gasteiger partial charge < -0.3 is 10.2 Å². The average molecular weight is 570 g/mol. The minimum Gasteiger partial charge on any atom is -0.348 e. The molecule has 0 amide bonds. The van der Waals surface area contributed by atoms with Crippen molar-refractivity contribution < 1.29 is 18.1 Å². The number of pyridine rings is 1. The molecule has 1 fully saturated rings. The van der Waals surface area contributed by atoms with Crippen LogP contribution in [0, 0.1) is 10.1 Å². The lowest BCUT2D eigenvalue weighted by Crippen LogP contribution is -2.48. The SMILES string of the molecule is O=[N+]([O-])c1c(Nc2ncc(C(F)(F)F)cc2Cl)ncnc1N1CCN(C(c2ccccc2)c2ccccc2)CC1. The first-order valence-corrected chi connectivity index (χ1v) is 12.7. The van der Waals surface area contributed by atoms with Crippen molar-refractivity contribution in [3.05, 3.63) is 111 Å². The fraction of sp³-hybridized carbons (Fsp3) is 0.222. The summed E-state index contributed by atoms with van der Waals surface area (Å²) < 4.78 is 39.0. The summed E-state index contributed by atoms with van der Waals surface area (Å²) in [5, 5.41) is 14.4. The number of halogens is 4. The van der Waals surface area contributed by atoms with Crippen LogP contribution in [0.15, 0.2) is 79.3 Å². The van der Waals surface area contributed by atoms with E-state index in [4.69, 9.17) is 11.6 Å². The lowest BCUT2D eigenvalue weighted by atomic mass is 9.96. The molecule has 0 spiro atoms. The Morgan fingerprint density at radius 2 is 1.50 bits per heavy atom. The number of nitrogens with zero attached hydrogens (tertiary/aromatic N) is 6. The van der Waals surface area contributed by atoms with Crippen LogP contribution < -0.4 is 10.2 Å². The Hall–Kier alpha value is -4.29. The molecule has 1 aliphatic heterocycles. The van der Waals surface area contributed by atoms with E-state index in [1.807, 2.05) is 36.4 Å². The summed E-state index contributed by atoms with van der Waals surface area (Å²) in [7, 11) is 0. The van der Waals surface area contributed by atoms with Gasteiger partial charge >= 0.3 is 11.9 Å². The molecule has 3 heterocycles. The molecule has 206 valence electrons. The van der Waals surface area contributed by atoms with E-state index in [1.165, 1.54) is 0 Å². The van der Waals surface area contributed by atoms with Crippen molar-refractivity contribution in [2.24, 2.45) is 0 Å². The van der Waals surface area contributed by atoms with Gasteiger partial charge in [0.05, 0.1) is 21.6 Å².